The molecule has 0 amide bonds. The second-order valence-corrected chi connectivity index (χ2v) is 6.89. The van der Waals surface area contributed by atoms with Gasteiger partial charge in [0.1, 0.15) is 0 Å². The monoisotopic (exact) mass is 296 g/mol. The van der Waals surface area contributed by atoms with E-state index in [1.54, 1.807) is 0 Å². The number of pyridine rings is 1. The van der Waals surface area contributed by atoms with Crippen molar-refractivity contribution >= 4 is 10.9 Å². The first-order chi connectivity index (χ1) is 10.6. The van der Waals surface area contributed by atoms with Crippen molar-refractivity contribution in [2.75, 3.05) is 0 Å². The predicted octanol–water partition coefficient (Wildman–Crippen LogP) is 4.62. The molecule has 2 aromatic rings. The molecule has 1 unspecified atom stereocenters. The van der Waals surface area contributed by atoms with E-state index in [1.165, 1.54) is 64.5 Å². The molecule has 22 heavy (non-hydrogen) atoms. The van der Waals surface area contributed by atoms with Crippen molar-refractivity contribution in [1.82, 2.24) is 10.3 Å². The van der Waals surface area contributed by atoms with E-state index in [0.29, 0.717) is 6.04 Å². The summed E-state index contributed by atoms with van der Waals surface area (Å²) in [4.78, 5) is 5.04. The van der Waals surface area contributed by atoms with Gasteiger partial charge < -0.3 is 5.32 Å². The van der Waals surface area contributed by atoms with Gasteiger partial charge in [-0.15, -0.1) is 0 Å². The van der Waals surface area contributed by atoms with Crippen molar-refractivity contribution in [3.8, 4) is 0 Å². The Morgan fingerprint density at radius 1 is 1.18 bits per heavy atom. The van der Waals surface area contributed by atoms with Gasteiger partial charge in [0.05, 0.1) is 5.52 Å². The smallest absolute Gasteiger partial charge is 0.0738 e. The van der Waals surface area contributed by atoms with Gasteiger partial charge in [-0.05, 0) is 75.6 Å². The van der Waals surface area contributed by atoms with E-state index in [-0.39, 0.29) is 0 Å². The summed E-state index contributed by atoms with van der Waals surface area (Å²) in [6, 6.07) is 5.15. The molecule has 0 fully saturated rings. The summed E-state index contributed by atoms with van der Waals surface area (Å²) >= 11 is 0. The lowest BCUT2D eigenvalue weighted by molar-refractivity contribution is 0.531. The van der Waals surface area contributed by atoms with Gasteiger partial charge in [-0.25, -0.2) is 0 Å². The molecule has 3 rings (SSSR count). The van der Waals surface area contributed by atoms with Gasteiger partial charge in [0.15, 0.2) is 0 Å². The third-order valence-corrected chi connectivity index (χ3v) is 5.06. The van der Waals surface area contributed by atoms with Crippen molar-refractivity contribution in [3.63, 3.8) is 0 Å². The summed E-state index contributed by atoms with van der Waals surface area (Å²) in [5.74, 6) is 0. The normalized spacial score (nSPS) is 15.8. The fraction of sp³-hybridized carbons (Fsp3) is 0.550. The lowest BCUT2D eigenvalue weighted by Crippen LogP contribution is -2.26. The number of rotatable bonds is 4. The van der Waals surface area contributed by atoms with E-state index in [2.05, 4.69) is 45.1 Å². The molecule has 1 aromatic heterocycles. The van der Waals surface area contributed by atoms with E-state index >= 15 is 0 Å². The molecule has 2 heteroatoms. The third kappa shape index (κ3) is 2.89. The third-order valence-electron chi connectivity index (χ3n) is 5.06. The maximum absolute atomic E-state index is 5.04. The Hall–Kier alpha value is -1.41. The van der Waals surface area contributed by atoms with Crippen LogP contribution in [0.2, 0.25) is 0 Å². The predicted molar refractivity (Wildman–Crippen MR) is 94.5 cm³/mol. The Bertz CT molecular complexity index is 688. The maximum atomic E-state index is 5.04. The number of nitrogens with zero attached hydrogens (tertiary/aromatic N) is 1. The highest BCUT2D eigenvalue weighted by Gasteiger charge is 2.19. The van der Waals surface area contributed by atoms with E-state index in [1.807, 2.05) is 0 Å². The molecule has 1 N–H and O–H groups in total. The highest BCUT2D eigenvalue weighted by atomic mass is 14.9. The summed E-state index contributed by atoms with van der Waals surface area (Å²) in [7, 11) is 0. The standard InChI is InChI=1S/C20H28N2/c1-5-15(4)21-12-18-16-8-6-7-9-19(16)22-20-14(3)10-13(2)11-17(18)20/h10-11,15,21H,5-9,12H2,1-4H3. The average Bonchev–Trinajstić information content (AvgIpc) is 2.51. The molecule has 1 aromatic carbocycles. The van der Waals surface area contributed by atoms with Crippen LogP contribution >= 0.6 is 0 Å². The summed E-state index contributed by atoms with van der Waals surface area (Å²) < 4.78 is 0. The number of benzene rings is 1. The zero-order valence-electron chi connectivity index (χ0n) is 14.4. The Labute approximate surface area is 134 Å². The molecule has 1 aliphatic carbocycles. The minimum atomic E-state index is 0.563. The molecule has 0 saturated heterocycles. The lowest BCUT2D eigenvalue weighted by atomic mass is 9.88. The van der Waals surface area contributed by atoms with Gasteiger partial charge in [0, 0.05) is 23.7 Å². The van der Waals surface area contributed by atoms with Crippen molar-refractivity contribution in [1.29, 1.82) is 0 Å². The number of aryl methyl sites for hydroxylation is 3. The zero-order chi connectivity index (χ0) is 15.7. The molecule has 0 bridgehead atoms. The van der Waals surface area contributed by atoms with E-state index in [4.69, 9.17) is 4.98 Å². The average molecular weight is 296 g/mol. The van der Waals surface area contributed by atoms with Crippen LogP contribution in [0.25, 0.3) is 10.9 Å². The van der Waals surface area contributed by atoms with Crippen LogP contribution in [0.5, 0.6) is 0 Å². The molecule has 0 radical (unpaired) electrons. The second-order valence-electron chi connectivity index (χ2n) is 6.89. The molecule has 0 spiro atoms. The van der Waals surface area contributed by atoms with E-state index in [0.717, 1.165) is 13.0 Å². The van der Waals surface area contributed by atoms with Gasteiger partial charge in [-0.1, -0.05) is 18.6 Å². The van der Waals surface area contributed by atoms with Crippen molar-refractivity contribution in [2.45, 2.75) is 72.4 Å². The first-order valence-electron chi connectivity index (χ1n) is 8.75. The Balaban J connectivity index is 2.16. The highest BCUT2D eigenvalue weighted by Crippen LogP contribution is 2.31. The first kappa shape index (κ1) is 15.5. The molecule has 1 aliphatic rings. The Kier molecular flexibility index (Phi) is 4.49. The first-order valence-corrected chi connectivity index (χ1v) is 8.75. The second kappa shape index (κ2) is 6.37. The quantitative estimate of drug-likeness (QED) is 0.890. The van der Waals surface area contributed by atoms with Crippen LogP contribution in [0.3, 0.4) is 0 Å². The molecular formula is C20H28N2. The van der Waals surface area contributed by atoms with Gasteiger partial charge in [-0.3, -0.25) is 4.98 Å². The van der Waals surface area contributed by atoms with E-state index in [9.17, 15) is 0 Å². The van der Waals surface area contributed by atoms with Crippen LogP contribution in [0.4, 0.5) is 0 Å². The van der Waals surface area contributed by atoms with Crippen molar-refractivity contribution < 1.29 is 0 Å². The Morgan fingerprint density at radius 3 is 2.73 bits per heavy atom. The Morgan fingerprint density at radius 2 is 1.95 bits per heavy atom. The highest BCUT2D eigenvalue weighted by molar-refractivity contribution is 5.87. The molecule has 1 heterocycles. The molecule has 118 valence electrons. The summed E-state index contributed by atoms with van der Waals surface area (Å²) in [5, 5.41) is 5.07. The van der Waals surface area contributed by atoms with Gasteiger partial charge in [-0.2, -0.15) is 0 Å². The van der Waals surface area contributed by atoms with Crippen LogP contribution in [0, 0.1) is 13.8 Å². The van der Waals surface area contributed by atoms with Gasteiger partial charge in [0.2, 0.25) is 0 Å². The van der Waals surface area contributed by atoms with Gasteiger partial charge in [0.25, 0.3) is 0 Å². The van der Waals surface area contributed by atoms with Crippen LogP contribution in [0.15, 0.2) is 12.1 Å². The summed E-state index contributed by atoms with van der Waals surface area (Å²) in [6.07, 6.45) is 6.11. The molecular weight excluding hydrogens is 268 g/mol. The number of nitrogens with one attached hydrogen (secondary N) is 1. The largest absolute Gasteiger partial charge is 0.310 e. The fourth-order valence-electron chi connectivity index (χ4n) is 3.60. The molecule has 0 aliphatic heterocycles. The number of fused-ring (bicyclic) bond motifs is 2. The van der Waals surface area contributed by atoms with Crippen LogP contribution in [-0.2, 0) is 19.4 Å². The number of hydrogen-bond donors (Lipinski definition) is 1. The van der Waals surface area contributed by atoms with Crippen LogP contribution in [0.1, 0.15) is 61.1 Å². The molecule has 0 saturated carbocycles. The van der Waals surface area contributed by atoms with Gasteiger partial charge >= 0.3 is 0 Å². The number of aromatic nitrogens is 1. The minimum absolute atomic E-state index is 0.563. The van der Waals surface area contributed by atoms with Crippen molar-refractivity contribution in [2.24, 2.45) is 0 Å². The lowest BCUT2D eigenvalue weighted by Gasteiger charge is -2.23. The van der Waals surface area contributed by atoms with Crippen molar-refractivity contribution in [3.05, 3.63) is 40.1 Å². The molecule has 1 atom stereocenters. The summed E-state index contributed by atoms with van der Waals surface area (Å²) in [5.41, 5.74) is 8.26. The fourth-order valence-corrected chi connectivity index (χ4v) is 3.60. The zero-order valence-corrected chi connectivity index (χ0v) is 14.4. The van der Waals surface area contributed by atoms with E-state index < -0.39 is 0 Å². The summed E-state index contributed by atoms with van der Waals surface area (Å²) in [6.45, 7) is 9.87. The van der Waals surface area contributed by atoms with Crippen LogP contribution < -0.4 is 5.32 Å². The number of hydrogen-bond acceptors (Lipinski definition) is 2. The topological polar surface area (TPSA) is 24.9 Å². The SMILES string of the molecule is CCC(C)NCc1c2c(nc3c(C)cc(C)cc13)CCCC2. The molecule has 2 nitrogen and oxygen atoms in total. The minimum Gasteiger partial charge on any atom is -0.310 e. The maximum Gasteiger partial charge on any atom is 0.0738 e. The van der Waals surface area contributed by atoms with Crippen LogP contribution in [-0.4, -0.2) is 11.0 Å².